The summed E-state index contributed by atoms with van der Waals surface area (Å²) in [5, 5.41) is 4.00. The fourth-order valence-corrected chi connectivity index (χ4v) is 6.59. The topological polar surface area (TPSA) is 86.8 Å². The van der Waals surface area contributed by atoms with E-state index >= 15 is 0 Å². The summed E-state index contributed by atoms with van der Waals surface area (Å²) < 4.78 is 28.7. The summed E-state index contributed by atoms with van der Waals surface area (Å²) in [6, 6.07) is 16.0. The molecule has 0 fully saturated rings. The zero-order valence-corrected chi connectivity index (χ0v) is 26.5. The molecule has 0 saturated heterocycles. The van der Waals surface area contributed by atoms with E-state index in [-0.39, 0.29) is 39.5 Å². The van der Waals surface area contributed by atoms with Gasteiger partial charge < -0.3 is 10.2 Å². The number of halogens is 4. The van der Waals surface area contributed by atoms with Crippen LogP contribution in [0.5, 0.6) is 0 Å². The molecule has 0 aliphatic rings. The van der Waals surface area contributed by atoms with Gasteiger partial charge in [-0.25, -0.2) is 8.42 Å². The Labute approximate surface area is 261 Å². The zero-order valence-electron chi connectivity index (χ0n) is 22.6. The Hall–Kier alpha value is -2.49. The normalized spacial score (nSPS) is 12.0. The van der Waals surface area contributed by atoms with Crippen LogP contribution >= 0.6 is 46.4 Å². The number of amides is 2. The molecule has 0 aliphatic heterocycles. The summed E-state index contributed by atoms with van der Waals surface area (Å²) in [4.78, 5) is 28.7. The number of unbranched alkanes of at least 4 members (excludes halogenated alkanes) is 1. The Bertz CT molecular complexity index is 1450. The number of sulfonamides is 1. The molecule has 1 N–H and O–H groups in total. The molecule has 220 valence electrons. The predicted octanol–water partition coefficient (Wildman–Crippen LogP) is 7.22. The van der Waals surface area contributed by atoms with Crippen molar-refractivity contribution in [2.45, 2.75) is 50.6 Å². The van der Waals surface area contributed by atoms with Crippen molar-refractivity contribution in [3.05, 3.63) is 92.4 Å². The second-order valence-electron chi connectivity index (χ2n) is 9.28. The molecule has 0 spiro atoms. The number of carbonyl (C=O) groups excluding carboxylic acids is 2. The maximum atomic E-state index is 14.1. The van der Waals surface area contributed by atoms with Crippen molar-refractivity contribution in [3.63, 3.8) is 0 Å². The van der Waals surface area contributed by atoms with E-state index < -0.39 is 28.5 Å². The molecule has 0 heterocycles. The Morgan fingerprint density at radius 1 is 0.878 bits per heavy atom. The number of nitrogens with one attached hydrogen (secondary N) is 1. The van der Waals surface area contributed by atoms with Gasteiger partial charge in [0.25, 0.3) is 10.0 Å². The lowest BCUT2D eigenvalue weighted by molar-refractivity contribution is -0.140. The van der Waals surface area contributed by atoms with Gasteiger partial charge in [0.05, 0.1) is 10.6 Å². The lowest BCUT2D eigenvalue weighted by Crippen LogP contribution is -2.52. The molecule has 3 rings (SSSR count). The van der Waals surface area contributed by atoms with Crippen LogP contribution in [0.15, 0.2) is 71.6 Å². The van der Waals surface area contributed by atoms with Gasteiger partial charge in [-0.2, -0.15) is 0 Å². The first kappa shape index (κ1) is 33.0. The van der Waals surface area contributed by atoms with Crippen LogP contribution in [0.1, 0.15) is 38.7 Å². The van der Waals surface area contributed by atoms with Crippen molar-refractivity contribution in [3.8, 4) is 0 Å². The summed E-state index contributed by atoms with van der Waals surface area (Å²) in [5.74, 6) is -0.966. The smallest absolute Gasteiger partial charge is 0.264 e. The SMILES string of the molecule is CCCCNC(=O)[C@@H](CC)N(Cc1ccc(Cl)cc1Cl)C(=O)CN(c1cc(Cl)cc(Cl)c1)S(=O)(=O)c1ccccc1. The Morgan fingerprint density at radius 3 is 2.12 bits per heavy atom. The Balaban J connectivity index is 2.08. The van der Waals surface area contributed by atoms with Gasteiger partial charge in [-0.3, -0.25) is 13.9 Å². The molecule has 7 nitrogen and oxygen atoms in total. The molecule has 3 aromatic carbocycles. The molecule has 0 saturated carbocycles. The van der Waals surface area contributed by atoms with Gasteiger partial charge in [0.2, 0.25) is 11.8 Å². The Morgan fingerprint density at radius 2 is 1.54 bits per heavy atom. The van der Waals surface area contributed by atoms with Crippen LogP contribution in [0.3, 0.4) is 0 Å². The van der Waals surface area contributed by atoms with Crippen molar-refractivity contribution < 1.29 is 18.0 Å². The molecule has 41 heavy (non-hydrogen) atoms. The van der Waals surface area contributed by atoms with Crippen molar-refractivity contribution in [1.82, 2.24) is 10.2 Å². The van der Waals surface area contributed by atoms with E-state index in [1.807, 2.05) is 6.92 Å². The van der Waals surface area contributed by atoms with E-state index in [1.165, 1.54) is 35.2 Å². The van der Waals surface area contributed by atoms with Gasteiger partial charge in [-0.05, 0) is 60.9 Å². The van der Waals surface area contributed by atoms with E-state index in [0.29, 0.717) is 22.2 Å². The van der Waals surface area contributed by atoms with E-state index in [4.69, 9.17) is 46.4 Å². The minimum Gasteiger partial charge on any atom is -0.354 e. The highest BCUT2D eigenvalue weighted by atomic mass is 35.5. The number of hydrogen-bond donors (Lipinski definition) is 1. The molecule has 0 aromatic heterocycles. The fraction of sp³-hybridized carbons (Fsp3) is 0.310. The van der Waals surface area contributed by atoms with Crippen molar-refractivity contribution in [2.24, 2.45) is 0 Å². The third-order valence-electron chi connectivity index (χ3n) is 6.32. The van der Waals surface area contributed by atoms with Gasteiger partial charge in [0, 0.05) is 33.2 Å². The minimum absolute atomic E-state index is 0.0273. The lowest BCUT2D eigenvalue weighted by atomic mass is 10.1. The summed E-state index contributed by atoms with van der Waals surface area (Å²) in [5.41, 5.74) is 0.650. The highest BCUT2D eigenvalue weighted by Crippen LogP contribution is 2.30. The molecule has 0 bridgehead atoms. The van der Waals surface area contributed by atoms with Crippen LogP contribution in [-0.2, 0) is 26.2 Å². The average Bonchev–Trinajstić information content (AvgIpc) is 2.92. The summed E-state index contributed by atoms with van der Waals surface area (Å²) >= 11 is 25.0. The van der Waals surface area contributed by atoms with Crippen LogP contribution in [0.2, 0.25) is 20.1 Å². The van der Waals surface area contributed by atoms with Crippen molar-refractivity contribution in [1.29, 1.82) is 0 Å². The number of carbonyl (C=O) groups is 2. The van der Waals surface area contributed by atoms with Crippen LogP contribution in [0.4, 0.5) is 5.69 Å². The molecule has 3 aromatic rings. The maximum Gasteiger partial charge on any atom is 0.264 e. The van der Waals surface area contributed by atoms with Gasteiger partial charge in [-0.15, -0.1) is 0 Å². The molecule has 0 unspecified atom stereocenters. The van der Waals surface area contributed by atoms with E-state index in [9.17, 15) is 18.0 Å². The first-order valence-corrected chi connectivity index (χ1v) is 16.0. The second-order valence-corrected chi connectivity index (χ2v) is 12.9. The van der Waals surface area contributed by atoms with E-state index in [1.54, 1.807) is 43.3 Å². The first-order valence-electron chi connectivity index (χ1n) is 13.0. The number of anilines is 1. The van der Waals surface area contributed by atoms with Gasteiger partial charge >= 0.3 is 0 Å². The number of benzene rings is 3. The number of hydrogen-bond acceptors (Lipinski definition) is 4. The molecule has 0 radical (unpaired) electrons. The Kier molecular flexibility index (Phi) is 12.2. The first-order chi connectivity index (χ1) is 19.5. The predicted molar refractivity (Wildman–Crippen MR) is 166 cm³/mol. The summed E-state index contributed by atoms with van der Waals surface area (Å²) in [7, 11) is -4.25. The second kappa shape index (κ2) is 15.1. The van der Waals surface area contributed by atoms with Crippen molar-refractivity contribution >= 4 is 73.9 Å². The number of rotatable bonds is 13. The molecular weight excluding hydrogens is 628 g/mol. The highest BCUT2D eigenvalue weighted by Gasteiger charge is 2.34. The van der Waals surface area contributed by atoms with Crippen LogP contribution in [-0.4, -0.2) is 44.3 Å². The summed E-state index contributed by atoms with van der Waals surface area (Å²) in [6.07, 6.45) is 1.94. The fourth-order valence-electron chi connectivity index (χ4n) is 4.19. The largest absolute Gasteiger partial charge is 0.354 e. The van der Waals surface area contributed by atoms with Crippen LogP contribution in [0, 0.1) is 0 Å². The standard InChI is InChI=1S/C29H31Cl4N3O4S/c1-3-5-13-34-29(38)27(4-2)35(18-20-11-12-21(30)17-26(20)33)28(37)19-36(24-15-22(31)14-23(32)16-24)41(39,40)25-9-7-6-8-10-25/h6-12,14-17,27H,3-5,13,18-19H2,1-2H3,(H,34,38)/t27-/m1/s1. The quantitative estimate of drug-likeness (QED) is 0.197. The van der Waals surface area contributed by atoms with Gasteiger partial charge in [-0.1, -0.05) is 90.9 Å². The van der Waals surface area contributed by atoms with Crippen molar-refractivity contribution in [2.75, 3.05) is 17.4 Å². The average molecular weight is 659 g/mol. The molecule has 1 atom stereocenters. The monoisotopic (exact) mass is 657 g/mol. The van der Waals surface area contributed by atoms with E-state index in [2.05, 4.69) is 5.32 Å². The van der Waals surface area contributed by atoms with E-state index in [0.717, 1.165) is 17.1 Å². The molecular formula is C29H31Cl4N3O4S. The third kappa shape index (κ3) is 8.75. The van der Waals surface area contributed by atoms with Crippen LogP contribution in [0.25, 0.3) is 0 Å². The lowest BCUT2D eigenvalue weighted by Gasteiger charge is -2.33. The molecule has 2 amide bonds. The highest BCUT2D eigenvalue weighted by molar-refractivity contribution is 7.92. The zero-order chi connectivity index (χ0) is 30.2. The van der Waals surface area contributed by atoms with Gasteiger partial charge in [0.1, 0.15) is 12.6 Å². The van der Waals surface area contributed by atoms with Gasteiger partial charge in [0.15, 0.2) is 0 Å². The minimum atomic E-state index is -4.25. The molecule has 12 heteroatoms. The third-order valence-corrected chi connectivity index (χ3v) is 9.13. The summed E-state index contributed by atoms with van der Waals surface area (Å²) in [6.45, 7) is 3.56. The van der Waals surface area contributed by atoms with Crippen LogP contribution < -0.4 is 9.62 Å². The maximum absolute atomic E-state index is 14.1. The number of nitrogens with zero attached hydrogens (tertiary/aromatic N) is 2. The molecule has 0 aliphatic carbocycles.